The predicted molar refractivity (Wildman–Crippen MR) is 65.3 cm³/mol. The van der Waals surface area contributed by atoms with Gasteiger partial charge in [-0.05, 0) is 36.6 Å². The number of nitrogens with zero attached hydrogens (tertiary/aromatic N) is 1. The molecule has 1 heterocycles. The van der Waals surface area contributed by atoms with Crippen molar-refractivity contribution in [2.75, 3.05) is 19.6 Å². The Morgan fingerprint density at radius 3 is 2.25 bits per heavy atom. The van der Waals surface area contributed by atoms with Crippen molar-refractivity contribution >= 4 is 5.97 Å². The van der Waals surface area contributed by atoms with Gasteiger partial charge in [0.1, 0.15) is 0 Å². The molecule has 0 aromatic rings. The second kappa shape index (κ2) is 5.67. The first-order chi connectivity index (χ1) is 7.41. The summed E-state index contributed by atoms with van der Waals surface area (Å²) in [5.74, 6) is 2.05. The topological polar surface area (TPSA) is 40.5 Å². The second-order valence-corrected chi connectivity index (χ2v) is 5.73. The number of likely N-dealkylation sites (tertiary alicyclic amines) is 1. The molecule has 1 aliphatic rings. The van der Waals surface area contributed by atoms with Gasteiger partial charge < -0.3 is 5.11 Å². The van der Waals surface area contributed by atoms with Crippen LogP contribution in [0, 0.1) is 23.7 Å². The fraction of sp³-hybridized carbons (Fsp3) is 0.923. The lowest BCUT2D eigenvalue weighted by atomic mass is 9.73. The lowest BCUT2D eigenvalue weighted by Crippen LogP contribution is -2.45. The molecule has 1 fully saturated rings. The molecule has 0 aromatic carbocycles. The Kier molecular flexibility index (Phi) is 4.78. The summed E-state index contributed by atoms with van der Waals surface area (Å²) in [5.41, 5.74) is 0. The van der Waals surface area contributed by atoms with E-state index in [0.29, 0.717) is 17.8 Å². The molecule has 0 radical (unpaired) electrons. The number of hydrogen-bond acceptors (Lipinski definition) is 2. The Hall–Kier alpha value is -0.570. The molecule has 0 bridgehead atoms. The smallest absolute Gasteiger partial charge is 0.317 e. The summed E-state index contributed by atoms with van der Waals surface area (Å²) >= 11 is 0. The number of rotatable bonds is 4. The van der Waals surface area contributed by atoms with Crippen LogP contribution in [-0.4, -0.2) is 35.6 Å². The molecular formula is C13H25NO2. The minimum absolute atomic E-state index is 0.202. The van der Waals surface area contributed by atoms with Gasteiger partial charge in [0.05, 0.1) is 6.54 Å². The molecule has 0 aromatic heterocycles. The van der Waals surface area contributed by atoms with Gasteiger partial charge in [-0.15, -0.1) is 0 Å². The minimum atomic E-state index is -0.703. The van der Waals surface area contributed by atoms with E-state index < -0.39 is 5.97 Å². The fourth-order valence-corrected chi connectivity index (χ4v) is 2.94. The molecule has 2 unspecified atom stereocenters. The van der Waals surface area contributed by atoms with Gasteiger partial charge in [-0.3, -0.25) is 9.69 Å². The van der Waals surface area contributed by atoms with E-state index in [2.05, 4.69) is 32.6 Å². The molecule has 0 spiro atoms. The summed E-state index contributed by atoms with van der Waals surface area (Å²) < 4.78 is 0. The van der Waals surface area contributed by atoms with Crippen LogP contribution < -0.4 is 0 Å². The Labute approximate surface area is 98.8 Å². The number of aliphatic carboxylic acids is 1. The van der Waals surface area contributed by atoms with E-state index in [0.717, 1.165) is 25.4 Å². The van der Waals surface area contributed by atoms with Crippen molar-refractivity contribution in [3.63, 3.8) is 0 Å². The standard InChI is InChI=1S/C13H25NO2/c1-9(2)11-5-6-14(8-13(15)16)7-12(11)10(3)4/h9-12H,5-8H2,1-4H3,(H,15,16). The fourth-order valence-electron chi connectivity index (χ4n) is 2.94. The molecule has 0 saturated carbocycles. The van der Waals surface area contributed by atoms with Crippen LogP contribution >= 0.6 is 0 Å². The maximum Gasteiger partial charge on any atom is 0.317 e. The second-order valence-electron chi connectivity index (χ2n) is 5.73. The van der Waals surface area contributed by atoms with Gasteiger partial charge in [-0.1, -0.05) is 27.7 Å². The van der Waals surface area contributed by atoms with Crippen LogP contribution in [-0.2, 0) is 4.79 Å². The minimum Gasteiger partial charge on any atom is -0.480 e. The van der Waals surface area contributed by atoms with E-state index in [1.54, 1.807) is 0 Å². The third-order valence-corrected chi connectivity index (χ3v) is 3.87. The first-order valence-electron chi connectivity index (χ1n) is 6.36. The van der Waals surface area contributed by atoms with Gasteiger partial charge in [0.15, 0.2) is 0 Å². The van der Waals surface area contributed by atoms with Crippen LogP contribution in [0.4, 0.5) is 0 Å². The van der Waals surface area contributed by atoms with Crippen molar-refractivity contribution in [1.29, 1.82) is 0 Å². The van der Waals surface area contributed by atoms with Crippen molar-refractivity contribution in [1.82, 2.24) is 4.90 Å². The molecule has 3 heteroatoms. The first-order valence-corrected chi connectivity index (χ1v) is 6.36. The maximum absolute atomic E-state index is 10.7. The normalized spacial score (nSPS) is 27.6. The highest BCUT2D eigenvalue weighted by Gasteiger charge is 2.33. The van der Waals surface area contributed by atoms with Crippen molar-refractivity contribution in [2.45, 2.75) is 34.1 Å². The van der Waals surface area contributed by atoms with E-state index in [4.69, 9.17) is 5.11 Å². The molecule has 1 rings (SSSR count). The Morgan fingerprint density at radius 1 is 1.25 bits per heavy atom. The highest BCUT2D eigenvalue weighted by Crippen LogP contribution is 2.34. The van der Waals surface area contributed by atoms with Crippen LogP contribution in [0.25, 0.3) is 0 Å². The molecule has 3 nitrogen and oxygen atoms in total. The summed E-state index contributed by atoms with van der Waals surface area (Å²) in [7, 11) is 0. The molecule has 0 aliphatic carbocycles. The average Bonchev–Trinajstić information content (AvgIpc) is 2.16. The van der Waals surface area contributed by atoms with Gasteiger partial charge in [0.25, 0.3) is 0 Å². The van der Waals surface area contributed by atoms with E-state index in [9.17, 15) is 4.79 Å². The number of carbonyl (C=O) groups is 1. The SMILES string of the molecule is CC(C)C1CCN(CC(=O)O)CC1C(C)C. The number of piperidine rings is 1. The zero-order valence-corrected chi connectivity index (χ0v) is 10.9. The molecule has 94 valence electrons. The van der Waals surface area contributed by atoms with Crippen molar-refractivity contribution in [3.05, 3.63) is 0 Å². The lowest BCUT2D eigenvalue weighted by molar-refractivity contribution is -0.139. The van der Waals surface area contributed by atoms with Crippen LogP contribution in [0.1, 0.15) is 34.1 Å². The van der Waals surface area contributed by atoms with Gasteiger partial charge in [0.2, 0.25) is 0 Å². The third kappa shape index (κ3) is 3.48. The quantitative estimate of drug-likeness (QED) is 0.801. The lowest BCUT2D eigenvalue weighted by Gasteiger charge is -2.42. The summed E-state index contributed by atoms with van der Waals surface area (Å²) in [6.07, 6.45) is 1.15. The summed E-state index contributed by atoms with van der Waals surface area (Å²) in [6.45, 7) is 11.2. The Morgan fingerprint density at radius 2 is 1.81 bits per heavy atom. The van der Waals surface area contributed by atoms with E-state index in [-0.39, 0.29) is 6.54 Å². The van der Waals surface area contributed by atoms with E-state index in [1.807, 2.05) is 0 Å². The van der Waals surface area contributed by atoms with Gasteiger partial charge in [-0.25, -0.2) is 0 Å². The summed E-state index contributed by atoms with van der Waals surface area (Å²) in [5, 5.41) is 8.82. The van der Waals surface area contributed by atoms with Crippen LogP contribution in [0.3, 0.4) is 0 Å². The van der Waals surface area contributed by atoms with Crippen LogP contribution in [0.15, 0.2) is 0 Å². The average molecular weight is 227 g/mol. The van der Waals surface area contributed by atoms with Crippen molar-refractivity contribution < 1.29 is 9.90 Å². The zero-order chi connectivity index (χ0) is 12.3. The molecule has 0 amide bonds. The van der Waals surface area contributed by atoms with Gasteiger partial charge >= 0.3 is 5.97 Å². The molecule has 16 heavy (non-hydrogen) atoms. The van der Waals surface area contributed by atoms with E-state index >= 15 is 0 Å². The van der Waals surface area contributed by atoms with Crippen molar-refractivity contribution in [3.8, 4) is 0 Å². The molecular weight excluding hydrogens is 202 g/mol. The Balaban J connectivity index is 2.61. The van der Waals surface area contributed by atoms with Crippen molar-refractivity contribution in [2.24, 2.45) is 23.7 Å². The monoisotopic (exact) mass is 227 g/mol. The largest absolute Gasteiger partial charge is 0.480 e. The number of carboxylic acid groups (broad SMARTS) is 1. The molecule has 1 saturated heterocycles. The first kappa shape index (κ1) is 13.5. The zero-order valence-electron chi connectivity index (χ0n) is 10.9. The van der Waals surface area contributed by atoms with Crippen LogP contribution in [0.5, 0.6) is 0 Å². The Bertz CT molecular complexity index is 238. The number of hydrogen-bond donors (Lipinski definition) is 1. The summed E-state index contributed by atoms with van der Waals surface area (Å²) in [6, 6.07) is 0. The number of carboxylic acids is 1. The highest BCUT2D eigenvalue weighted by atomic mass is 16.4. The van der Waals surface area contributed by atoms with Gasteiger partial charge in [0, 0.05) is 6.54 Å². The highest BCUT2D eigenvalue weighted by molar-refractivity contribution is 5.69. The summed E-state index contributed by atoms with van der Waals surface area (Å²) in [4.78, 5) is 12.8. The maximum atomic E-state index is 10.7. The molecule has 1 aliphatic heterocycles. The van der Waals surface area contributed by atoms with Crippen LogP contribution in [0.2, 0.25) is 0 Å². The molecule has 2 atom stereocenters. The predicted octanol–water partition coefficient (Wildman–Crippen LogP) is 2.32. The van der Waals surface area contributed by atoms with Gasteiger partial charge in [-0.2, -0.15) is 0 Å². The molecule has 1 N–H and O–H groups in total. The third-order valence-electron chi connectivity index (χ3n) is 3.87. The van der Waals surface area contributed by atoms with E-state index in [1.165, 1.54) is 0 Å².